The van der Waals surface area contributed by atoms with E-state index < -0.39 is 11.9 Å². The lowest BCUT2D eigenvalue weighted by Gasteiger charge is -2.13. The Morgan fingerprint density at radius 2 is 1.52 bits per heavy atom. The van der Waals surface area contributed by atoms with Gasteiger partial charge in [0.2, 0.25) is 0 Å². The highest BCUT2D eigenvalue weighted by molar-refractivity contribution is 6.21. The van der Waals surface area contributed by atoms with Gasteiger partial charge in [-0.25, -0.2) is 4.79 Å². The van der Waals surface area contributed by atoms with Crippen LogP contribution in [0, 0.1) is 0 Å². The molecule has 0 N–H and O–H groups in total. The predicted octanol–water partition coefficient (Wildman–Crippen LogP) is 2.46. The molecule has 2 aromatic carbocycles. The third-order valence-electron chi connectivity index (χ3n) is 4.15. The molecule has 2 aromatic rings. The number of benzene rings is 2. The SMILES string of the molecule is COC(=O)c1ccc(OC(=O)CCCN2C(=O)c3ccccc3C2=O)cc1. The van der Waals surface area contributed by atoms with Crippen molar-refractivity contribution in [2.24, 2.45) is 0 Å². The minimum absolute atomic E-state index is 0.0478. The zero-order valence-electron chi connectivity index (χ0n) is 14.6. The van der Waals surface area contributed by atoms with E-state index in [4.69, 9.17) is 4.74 Å². The molecule has 2 amide bonds. The largest absolute Gasteiger partial charge is 0.465 e. The zero-order valence-corrected chi connectivity index (χ0v) is 14.6. The summed E-state index contributed by atoms with van der Waals surface area (Å²) >= 11 is 0. The van der Waals surface area contributed by atoms with Crippen LogP contribution in [-0.4, -0.2) is 42.3 Å². The van der Waals surface area contributed by atoms with Crippen molar-refractivity contribution in [2.75, 3.05) is 13.7 Å². The Morgan fingerprint density at radius 3 is 2.07 bits per heavy atom. The van der Waals surface area contributed by atoms with Crippen molar-refractivity contribution in [1.29, 1.82) is 0 Å². The number of hydrogen-bond acceptors (Lipinski definition) is 6. The fraction of sp³-hybridized carbons (Fsp3) is 0.200. The third-order valence-corrected chi connectivity index (χ3v) is 4.15. The Kier molecular flexibility index (Phi) is 5.30. The Hall–Kier alpha value is -3.48. The van der Waals surface area contributed by atoms with Gasteiger partial charge in [-0.2, -0.15) is 0 Å². The zero-order chi connectivity index (χ0) is 19.4. The number of imide groups is 1. The van der Waals surface area contributed by atoms with Gasteiger partial charge in [0.15, 0.2) is 0 Å². The summed E-state index contributed by atoms with van der Waals surface area (Å²) in [5.74, 6) is -1.36. The van der Waals surface area contributed by atoms with E-state index in [-0.39, 0.29) is 24.8 Å². The summed E-state index contributed by atoms with van der Waals surface area (Å²) in [5.41, 5.74) is 1.12. The molecule has 7 nitrogen and oxygen atoms in total. The number of amides is 2. The summed E-state index contributed by atoms with van der Waals surface area (Å²) in [6, 6.07) is 12.6. The van der Waals surface area contributed by atoms with Crippen molar-refractivity contribution in [1.82, 2.24) is 4.90 Å². The van der Waals surface area contributed by atoms with E-state index in [1.165, 1.54) is 31.4 Å². The molecule has 3 rings (SSSR count). The van der Waals surface area contributed by atoms with Gasteiger partial charge in [0, 0.05) is 13.0 Å². The first-order valence-corrected chi connectivity index (χ1v) is 8.35. The highest BCUT2D eigenvalue weighted by atomic mass is 16.5. The normalized spacial score (nSPS) is 12.7. The smallest absolute Gasteiger partial charge is 0.337 e. The molecule has 1 aliphatic rings. The average Bonchev–Trinajstić information content (AvgIpc) is 2.93. The third kappa shape index (κ3) is 3.87. The summed E-state index contributed by atoms with van der Waals surface area (Å²) in [6.45, 7) is 0.142. The number of ether oxygens (including phenoxy) is 2. The van der Waals surface area contributed by atoms with Gasteiger partial charge < -0.3 is 9.47 Å². The van der Waals surface area contributed by atoms with Crippen LogP contribution >= 0.6 is 0 Å². The number of methoxy groups -OCH3 is 1. The predicted molar refractivity (Wildman–Crippen MR) is 94.5 cm³/mol. The molecule has 138 valence electrons. The molecule has 7 heteroatoms. The monoisotopic (exact) mass is 367 g/mol. The lowest BCUT2D eigenvalue weighted by molar-refractivity contribution is -0.134. The summed E-state index contributed by atoms with van der Waals surface area (Å²) in [7, 11) is 1.28. The summed E-state index contributed by atoms with van der Waals surface area (Å²) in [6.07, 6.45) is 0.344. The number of hydrogen-bond donors (Lipinski definition) is 0. The molecule has 0 unspecified atom stereocenters. The molecule has 1 heterocycles. The minimum atomic E-state index is -0.488. The number of fused-ring (bicyclic) bond motifs is 1. The van der Waals surface area contributed by atoms with Crippen molar-refractivity contribution < 1.29 is 28.7 Å². The summed E-state index contributed by atoms with van der Waals surface area (Å²) in [5, 5.41) is 0. The van der Waals surface area contributed by atoms with E-state index in [1.54, 1.807) is 24.3 Å². The van der Waals surface area contributed by atoms with Gasteiger partial charge >= 0.3 is 11.9 Å². The van der Waals surface area contributed by atoms with E-state index in [1.807, 2.05) is 0 Å². The van der Waals surface area contributed by atoms with Crippen molar-refractivity contribution in [3.8, 4) is 5.75 Å². The molecule has 0 aromatic heterocycles. The molecule has 0 atom stereocenters. The van der Waals surface area contributed by atoms with Crippen LogP contribution in [0.5, 0.6) is 5.75 Å². The molecule has 0 bridgehead atoms. The second-order valence-corrected chi connectivity index (χ2v) is 5.90. The van der Waals surface area contributed by atoms with Gasteiger partial charge in [-0.3, -0.25) is 19.3 Å². The number of rotatable bonds is 6. The maximum Gasteiger partial charge on any atom is 0.337 e. The van der Waals surface area contributed by atoms with Gasteiger partial charge in [-0.1, -0.05) is 12.1 Å². The van der Waals surface area contributed by atoms with Crippen molar-refractivity contribution in [3.63, 3.8) is 0 Å². The Morgan fingerprint density at radius 1 is 0.926 bits per heavy atom. The molecular formula is C20H17NO6. The van der Waals surface area contributed by atoms with E-state index in [0.29, 0.717) is 28.9 Å². The van der Waals surface area contributed by atoms with Crippen LogP contribution in [0.4, 0.5) is 0 Å². The second kappa shape index (κ2) is 7.82. The van der Waals surface area contributed by atoms with Crippen molar-refractivity contribution in [3.05, 3.63) is 65.2 Å². The topological polar surface area (TPSA) is 90.0 Å². The average molecular weight is 367 g/mol. The first-order chi connectivity index (χ1) is 13.0. The van der Waals surface area contributed by atoms with Gasteiger partial charge in [-0.15, -0.1) is 0 Å². The number of carbonyl (C=O) groups excluding carboxylic acids is 4. The van der Waals surface area contributed by atoms with Crippen LogP contribution in [0.3, 0.4) is 0 Å². The standard InChI is InChI=1S/C20H17NO6/c1-26-20(25)13-8-10-14(11-9-13)27-17(22)7-4-12-21-18(23)15-5-2-3-6-16(15)19(21)24/h2-3,5-6,8-11H,4,7,12H2,1H3. The van der Waals surface area contributed by atoms with Crippen LogP contribution < -0.4 is 4.74 Å². The molecule has 1 aliphatic heterocycles. The van der Waals surface area contributed by atoms with E-state index in [0.717, 1.165) is 4.90 Å². The van der Waals surface area contributed by atoms with E-state index in [2.05, 4.69) is 4.74 Å². The Balaban J connectivity index is 1.50. The van der Waals surface area contributed by atoms with Gasteiger partial charge in [0.25, 0.3) is 11.8 Å². The summed E-state index contributed by atoms with van der Waals surface area (Å²) in [4.78, 5) is 48.9. The number of nitrogens with zero attached hydrogens (tertiary/aromatic N) is 1. The molecule has 0 radical (unpaired) electrons. The minimum Gasteiger partial charge on any atom is -0.465 e. The maximum atomic E-state index is 12.2. The van der Waals surface area contributed by atoms with E-state index in [9.17, 15) is 19.2 Å². The highest BCUT2D eigenvalue weighted by Crippen LogP contribution is 2.22. The Bertz CT molecular complexity index is 868. The summed E-state index contributed by atoms with van der Waals surface area (Å²) < 4.78 is 9.78. The molecule has 0 aliphatic carbocycles. The van der Waals surface area contributed by atoms with Crippen molar-refractivity contribution in [2.45, 2.75) is 12.8 Å². The second-order valence-electron chi connectivity index (χ2n) is 5.90. The van der Waals surface area contributed by atoms with Gasteiger partial charge in [0.05, 0.1) is 23.8 Å². The molecule has 0 spiro atoms. The van der Waals surface area contributed by atoms with Crippen molar-refractivity contribution >= 4 is 23.8 Å². The maximum absolute atomic E-state index is 12.2. The molecule has 0 saturated carbocycles. The molecule has 0 fully saturated rings. The van der Waals surface area contributed by atoms with Crippen LogP contribution in [-0.2, 0) is 9.53 Å². The fourth-order valence-corrected chi connectivity index (χ4v) is 2.78. The lowest BCUT2D eigenvalue weighted by Crippen LogP contribution is -2.31. The number of carbonyl (C=O) groups is 4. The van der Waals surface area contributed by atoms with Crippen LogP contribution in [0.25, 0.3) is 0 Å². The first kappa shape index (κ1) is 18.3. The lowest BCUT2D eigenvalue weighted by atomic mass is 10.1. The van der Waals surface area contributed by atoms with Crippen LogP contribution in [0.1, 0.15) is 43.9 Å². The Labute approximate surface area is 155 Å². The molecule has 0 saturated heterocycles. The number of esters is 2. The van der Waals surface area contributed by atoms with E-state index >= 15 is 0 Å². The van der Waals surface area contributed by atoms with Gasteiger partial charge in [-0.05, 0) is 42.8 Å². The van der Waals surface area contributed by atoms with Crippen LogP contribution in [0.2, 0.25) is 0 Å². The quantitative estimate of drug-likeness (QED) is 0.443. The highest BCUT2D eigenvalue weighted by Gasteiger charge is 2.34. The fourth-order valence-electron chi connectivity index (χ4n) is 2.78. The molecule has 27 heavy (non-hydrogen) atoms. The van der Waals surface area contributed by atoms with Crippen LogP contribution in [0.15, 0.2) is 48.5 Å². The molecular weight excluding hydrogens is 350 g/mol. The van der Waals surface area contributed by atoms with Gasteiger partial charge in [0.1, 0.15) is 5.75 Å². The first-order valence-electron chi connectivity index (χ1n) is 8.35.